The summed E-state index contributed by atoms with van der Waals surface area (Å²) in [6.45, 7) is 6.21. The van der Waals surface area contributed by atoms with E-state index in [1.54, 1.807) is 11.0 Å². The number of piperidine rings is 1. The molecule has 0 saturated carbocycles. The summed E-state index contributed by atoms with van der Waals surface area (Å²) in [5, 5.41) is 0.938. The maximum atomic E-state index is 12.2. The quantitative estimate of drug-likeness (QED) is 0.789. The van der Waals surface area contributed by atoms with Crippen LogP contribution < -0.4 is 0 Å². The molecule has 1 fully saturated rings. The van der Waals surface area contributed by atoms with Crippen LogP contribution in [0.25, 0.3) is 0 Å². The molecule has 1 saturated heterocycles. The number of amides is 1. The average molecular weight is 358 g/mol. The van der Waals surface area contributed by atoms with E-state index in [9.17, 15) is 9.59 Å². The van der Waals surface area contributed by atoms with E-state index in [0.717, 1.165) is 5.56 Å². The second kappa shape index (κ2) is 7.10. The largest absolute Gasteiger partial charge is 0.444 e. The summed E-state index contributed by atoms with van der Waals surface area (Å²) in [4.78, 5) is 26.0. The van der Waals surface area contributed by atoms with Gasteiger partial charge in [0.25, 0.3) is 0 Å². The summed E-state index contributed by atoms with van der Waals surface area (Å²) in [5.41, 5.74) is 0.271. The van der Waals surface area contributed by atoms with Crippen molar-refractivity contribution in [2.24, 2.45) is 5.92 Å². The summed E-state index contributed by atoms with van der Waals surface area (Å²) in [6, 6.07) is 5.37. The Balaban J connectivity index is 2.08. The number of carbonyl (C=O) groups is 2. The van der Waals surface area contributed by atoms with Crippen LogP contribution in [0.3, 0.4) is 0 Å². The Morgan fingerprint density at radius 3 is 2.70 bits per heavy atom. The van der Waals surface area contributed by atoms with Crippen molar-refractivity contribution in [3.63, 3.8) is 0 Å². The van der Waals surface area contributed by atoms with Gasteiger partial charge in [-0.1, -0.05) is 35.3 Å². The standard InChI is InChI=1S/C17H21Cl2NO3/c1-17(2,3)23-16(22)20-8-7-14(21)12(10-20)9-11-5-4-6-13(18)15(11)19/h4-6,12H,7-10H2,1-3H3. The zero-order valence-corrected chi connectivity index (χ0v) is 15.1. The van der Waals surface area contributed by atoms with Crippen LogP contribution >= 0.6 is 23.2 Å². The van der Waals surface area contributed by atoms with Crippen LogP contribution in [0.2, 0.25) is 10.0 Å². The fourth-order valence-electron chi connectivity index (χ4n) is 2.55. The number of Topliss-reactive ketones (excluding diaryl/α,β-unsaturated/α-hetero) is 1. The molecular weight excluding hydrogens is 337 g/mol. The van der Waals surface area contributed by atoms with Gasteiger partial charge in [0.2, 0.25) is 0 Å². The molecule has 23 heavy (non-hydrogen) atoms. The fourth-order valence-corrected chi connectivity index (χ4v) is 2.95. The molecule has 1 atom stereocenters. The van der Waals surface area contributed by atoms with E-state index < -0.39 is 5.60 Å². The summed E-state index contributed by atoms with van der Waals surface area (Å²) < 4.78 is 5.38. The molecule has 1 amide bonds. The van der Waals surface area contributed by atoms with Gasteiger partial charge in [-0.15, -0.1) is 0 Å². The van der Waals surface area contributed by atoms with Crippen molar-refractivity contribution >= 4 is 35.1 Å². The number of hydrogen-bond donors (Lipinski definition) is 0. The van der Waals surface area contributed by atoms with Gasteiger partial charge in [0.05, 0.1) is 10.0 Å². The predicted molar refractivity (Wildman–Crippen MR) is 91.1 cm³/mol. The number of ether oxygens (including phenoxy) is 1. The maximum Gasteiger partial charge on any atom is 0.410 e. The third-order valence-electron chi connectivity index (χ3n) is 3.67. The smallest absolute Gasteiger partial charge is 0.410 e. The van der Waals surface area contributed by atoms with Gasteiger partial charge in [0.1, 0.15) is 11.4 Å². The SMILES string of the molecule is CC(C)(C)OC(=O)N1CCC(=O)C(Cc2cccc(Cl)c2Cl)C1. The average Bonchev–Trinajstić information content (AvgIpc) is 2.44. The fraction of sp³-hybridized carbons (Fsp3) is 0.529. The Hall–Kier alpha value is -1.26. The topological polar surface area (TPSA) is 46.6 Å². The highest BCUT2D eigenvalue weighted by molar-refractivity contribution is 6.42. The van der Waals surface area contributed by atoms with E-state index in [2.05, 4.69) is 0 Å². The van der Waals surface area contributed by atoms with Gasteiger partial charge in [-0.05, 0) is 38.8 Å². The van der Waals surface area contributed by atoms with E-state index >= 15 is 0 Å². The van der Waals surface area contributed by atoms with Crippen molar-refractivity contribution in [1.82, 2.24) is 4.90 Å². The minimum absolute atomic E-state index is 0.140. The number of rotatable bonds is 2. The minimum atomic E-state index is -0.551. The van der Waals surface area contributed by atoms with Crippen LogP contribution in [0.15, 0.2) is 18.2 Å². The lowest BCUT2D eigenvalue weighted by molar-refractivity contribution is -0.125. The Labute approximate surface area is 146 Å². The van der Waals surface area contributed by atoms with Crippen LogP contribution in [0.4, 0.5) is 4.79 Å². The predicted octanol–water partition coefficient (Wildman–Crippen LogP) is 4.36. The van der Waals surface area contributed by atoms with Crippen LogP contribution in [-0.2, 0) is 16.0 Å². The number of ketones is 1. The van der Waals surface area contributed by atoms with Crippen molar-refractivity contribution in [2.45, 2.75) is 39.2 Å². The van der Waals surface area contributed by atoms with E-state index in [1.165, 1.54) is 0 Å². The molecule has 6 heteroatoms. The number of hydrogen-bond acceptors (Lipinski definition) is 3. The Morgan fingerprint density at radius 1 is 1.35 bits per heavy atom. The molecule has 1 aliphatic rings. The monoisotopic (exact) mass is 357 g/mol. The van der Waals surface area contributed by atoms with Crippen LogP contribution in [0.5, 0.6) is 0 Å². The van der Waals surface area contributed by atoms with Gasteiger partial charge < -0.3 is 9.64 Å². The van der Waals surface area contributed by atoms with E-state index in [1.807, 2.05) is 32.9 Å². The van der Waals surface area contributed by atoms with Gasteiger partial charge in [-0.3, -0.25) is 4.79 Å². The third kappa shape index (κ3) is 4.85. The first-order valence-electron chi connectivity index (χ1n) is 7.61. The molecule has 1 aliphatic heterocycles. The molecule has 126 valence electrons. The molecule has 0 aromatic heterocycles. The summed E-state index contributed by atoms with van der Waals surface area (Å²) >= 11 is 12.2. The Bertz CT molecular complexity index is 610. The van der Waals surface area contributed by atoms with Crippen molar-refractivity contribution in [2.75, 3.05) is 13.1 Å². The number of likely N-dealkylation sites (tertiary alicyclic amines) is 1. The van der Waals surface area contributed by atoms with Crippen molar-refractivity contribution in [1.29, 1.82) is 0 Å². The summed E-state index contributed by atoms with van der Waals surface area (Å²) in [7, 11) is 0. The van der Waals surface area contributed by atoms with Crippen molar-refractivity contribution in [3.05, 3.63) is 33.8 Å². The Kier molecular flexibility index (Phi) is 5.58. The molecule has 0 bridgehead atoms. The van der Waals surface area contributed by atoms with Crippen LogP contribution in [0, 0.1) is 5.92 Å². The second-order valence-electron chi connectivity index (χ2n) is 6.76. The first kappa shape index (κ1) is 18.1. The highest BCUT2D eigenvalue weighted by atomic mass is 35.5. The molecule has 0 N–H and O–H groups in total. The molecule has 2 rings (SSSR count). The molecule has 1 unspecified atom stereocenters. The molecule has 1 heterocycles. The highest BCUT2D eigenvalue weighted by Gasteiger charge is 2.32. The van der Waals surface area contributed by atoms with Gasteiger partial charge in [0, 0.05) is 25.4 Å². The summed E-state index contributed by atoms with van der Waals surface area (Å²) in [6.07, 6.45) is 0.423. The maximum absolute atomic E-state index is 12.2. The molecule has 4 nitrogen and oxygen atoms in total. The number of benzene rings is 1. The molecule has 1 aromatic rings. The molecule has 1 aromatic carbocycles. The molecular formula is C17H21Cl2NO3. The lowest BCUT2D eigenvalue weighted by Crippen LogP contribution is -2.46. The first-order chi connectivity index (χ1) is 10.7. The highest BCUT2D eigenvalue weighted by Crippen LogP contribution is 2.29. The van der Waals surface area contributed by atoms with E-state index in [0.29, 0.717) is 36.0 Å². The number of halogens is 2. The van der Waals surface area contributed by atoms with Crippen LogP contribution in [0.1, 0.15) is 32.8 Å². The molecule has 0 spiro atoms. The number of carbonyl (C=O) groups excluding carboxylic acids is 2. The van der Waals surface area contributed by atoms with E-state index in [4.69, 9.17) is 27.9 Å². The lowest BCUT2D eigenvalue weighted by atomic mass is 9.90. The van der Waals surface area contributed by atoms with E-state index in [-0.39, 0.29) is 17.8 Å². The van der Waals surface area contributed by atoms with Crippen molar-refractivity contribution in [3.8, 4) is 0 Å². The normalized spacial score (nSPS) is 18.9. The molecule has 0 radical (unpaired) electrons. The zero-order chi connectivity index (χ0) is 17.2. The zero-order valence-electron chi connectivity index (χ0n) is 13.6. The minimum Gasteiger partial charge on any atom is -0.444 e. The van der Waals surface area contributed by atoms with Crippen molar-refractivity contribution < 1.29 is 14.3 Å². The lowest BCUT2D eigenvalue weighted by Gasteiger charge is -2.33. The van der Waals surface area contributed by atoms with Gasteiger partial charge in [-0.25, -0.2) is 4.79 Å². The number of nitrogens with zero attached hydrogens (tertiary/aromatic N) is 1. The van der Waals surface area contributed by atoms with Gasteiger partial charge in [-0.2, -0.15) is 0 Å². The summed E-state index contributed by atoms with van der Waals surface area (Å²) in [5.74, 6) is -0.145. The Morgan fingerprint density at radius 2 is 2.04 bits per heavy atom. The van der Waals surface area contributed by atoms with Gasteiger partial charge in [0.15, 0.2) is 0 Å². The van der Waals surface area contributed by atoms with Gasteiger partial charge >= 0.3 is 6.09 Å². The molecule has 0 aliphatic carbocycles. The van der Waals surface area contributed by atoms with Crippen LogP contribution in [-0.4, -0.2) is 35.5 Å². The third-order valence-corrected chi connectivity index (χ3v) is 4.53. The first-order valence-corrected chi connectivity index (χ1v) is 8.36. The second-order valence-corrected chi connectivity index (χ2v) is 7.54.